The molecular formula is C28H37BN6O4S. The predicted molar refractivity (Wildman–Crippen MR) is 157 cm³/mol. The fourth-order valence-corrected chi connectivity index (χ4v) is 5.71. The molecule has 2 aliphatic rings. The largest absolute Gasteiger partial charge is 0.474 e. The number of benzene rings is 1. The molecule has 1 fully saturated rings. The zero-order valence-corrected chi connectivity index (χ0v) is 24.1. The average molecular weight is 565 g/mol. The highest BCUT2D eigenvalue weighted by Crippen LogP contribution is 2.38. The normalized spacial score (nSPS) is 16.0. The van der Waals surface area contributed by atoms with E-state index in [0.717, 1.165) is 74.0 Å². The lowest BCUT2D eigenvalue weighted by molar-refractivity contribution is 0.110. The second kappa shape index (κ2) is 12.2. The number of carbonyl (C=O) groups excluding carboxylic acids is 1. The summed E-state index contributed by atoms with van der Waals surface area (Å²) in [7, 11) is 0.667. The fourth-order valence-electron chi connectivity index (χ4n) is 5.19. The molecule has 2 aromatic heterocycles. The summed E-state index contributed by atoms with van der Waals surface area (Å²) < 4.78 is 10.7. The maximum absolute atomic E-state index is 13.1. The maximum Gasteiger partial charge on any atom is 0.459 e. The summed E-state index contributed by atoms with van der Waals surface area (Å²) in [5.74, 6) is 0.603. The van der Waals surface area contributed by atoms with Gasteiger partial charge in [0.25, 0.3) is 0 Å². The van der Waals surface area contributed by atoms with Crippen molar-refractivity contribution >= 4 is 30.8 Å². The summed E-state index contributed by atoms with van der Waals surface area (Å²) in [4.78, 5) is 19.8. The highest BCUT2D eigenvalue weighted by molar-refractivity contribution is 7.97. The van der Waals surface area contributed by atoms with Crippen molar-refractivity contribution in [2.24, 2.45) is 0 Å². The Morgan fingerprint density at radius 2 is 2.00 bits per heavy atom. The first kappa shape index (κ1) is 28.5. The quantitative estimate of drug-likeness (QED) is 0.227. The van der Waals surface area contributed by atoms with Crippen LogP contribution in [0.25, 0.3) is 11.1 Å². The first-order chi connectivity index (χ1) is 19.2. The van der Waals surface area contributed by atoms with Crippen molar-refractivity contribution in [3.63, 3.8) is 0 Å². The van der Waals surface area contributed by atoms with Crippen LogP contribution in [0.1, 0.15) is 44.2 Å². The number of amides is 2. The molecule has 3 heterocycles. The standard InChI is InChI=1S/C28H37BN6O4S/c1-28(2,29(37)38)18-35-16-12-25(32-35)40-33-27(36)31-26-22-6-4-5-19(22)7-8-23(26)20-9-13-30-24(17-20)39-21-10-14-34(3)15-11-21/h7-9,12-13,16-17,21,37-38H,4-6,10-11,14-15,18H2,1-3H3,(H2,31,33,36). The van der Waals surface area contributed by atoms with Gasteiger partial charge in [0.15, 0.2) is 0 Å². The molecule has 0 spiro atoms. The van der Waals surface area contributed by atoms with E-state index in [-0.39, 0.29) is 12.1 Å². The Morgan fingerprint density at radius 1 is 1.20 bits per heavy atom. The molecule has 0 bridgehead atoms. The minimum atomic E-state index is -1.46. The number of likely N-dealkylation sites (tertiary alicyclic amines) is 1. The van der Waals surface area contributed by atoms with Gasteiger partial charge in [0.1, 0.15) is 11.1 Å². The molecule has 1 aliphatic heterocycles. The van der Waals surface area contributed by atoms with E-state index >= 15 is 0 Å². The number of aromatic nitrogens is 3. The van der Waals surface area contributed by atoms with Gasteiger partial charge in [0.05, 0.1) is 5.69 Å². The Hall–Kier alpha value is -3.06. The van der Waals surface area contributed by atoms with Crippen LogP contribution in [0.2, 0.25) is 5.31 Å². The summed E-state index contributed by atoms with van der Waals surface area (Å²) >= 11 is 1.11. The third-order valence-corrected chi connectivity index (χ3v) is 8.37. The molecule has 0 atom stereocenters. The molecule has 10 nitrogen and oxygen atoms in total. The van der Waals surface area contributed by atoms with Crippen LogP contribution in [-0.4, -0.2) is 69.1 Å². The Balaban J connectivity index is 1.28. The smallest absolute Gasteiger partial charge is 0.459 e. The summed E-state index contributed by atoms with van der Waals surface area (Å²) in [6.45, 7) is 5.86. The van der Waals surface area contributed by atoms with E-state index in [4.69, 9.17) is 4.74 Å². The van der Waals surface area contributed by atoms with E-state index in [2.05, 4.69) is 44.2 Å². The van der Waals surface area contributed by atoms with Crippen molar-refractivity contribution in [1.29, 1.82) is 0 Å². The van der Waals surface area contributed by atoms with Crippen LogP contribution in [0.5, 0.6) is 5.88 Å². The topological polar surface area (TPSA) is 125 Å². The number of fused-ring (bicyclic) bond motifs is 1. The number of anilines is 1. The number of ether oxygens (including phenoxy) is 1. The highest BCUT2D eigenvalue weighted by Gasteiger charge is 2.33. The Bertz CT molecular complexity index is 1340. The average Bonchev–Trinajstić information content (AvgIpc) is 3.58. The van der Waals surface area contributed by atoms with Gasteiger partial charge in [-0.25, -0.2) is 9.78 Å². The van der Waals surface area contributed by atoms with Crippen LogP contribution >= 0.6 is 11.9 Å². The van der Waals surface area contributed by atoms with E-state index in [1.807, 2.05) is 12.1 Å². The molecule has 212 valence electrons. The molecule has 5 rings (SSSR count). The summed E-state index contributed by atoms with van der Waals surface area (Å²) in [6, 6.07) is 9.58. The van der Waals surface area contributed by atoms with Gasteiger partial charge < -0.3 is 25.0 Å². The Labute approximate surface area is 239 Å². The Morgan fingerprint density at radius 3 is 2.77 bits per heavy atom. The molecule has 3 aromatic rings. The van der Waals surface area contributed by atoms with Crippen molar-refractivity contribution in [1.82, 2.24) is 24.4 Å². The van der Waals surface area contributed by atoms with Crippen LogP contribution in [0.3, 0.4) is 0 Å². The van der Waals surface area contributed by atoms with Gasteiger partial charge in [-0.2, -0.15) is 5.10 Å². The van der Waals surface area contributed by atoms with Gasteiger partial charge in [-0.3, -0.25) is 9.40 Å². The summed E-state index contributed by atoms with van der Waals surface area (Å²) in [6.07, 6.45) is 8.59. The van der Waals surface area contributed by atoms with Gasteiger partial charge in [-0.05, 0) is 68.0 Å². The number of hydrogen-bond acceptors (Lipinski definition) is 8. The van der Waals surface area contributed by atoms with Crippen molar-refractivity contribution in [2.45, 2.75) is 68.9 Å². The monoisotopic (exact) mass is 564 g/mol. The maximum atomic E-state index is 13.1. The van der Waals surface area contributed by atoms with E-state index in [9.17, 15) is 14.8 Å². The number of piperidine rings is 1. The van der Waals surface area contributed by atoms with Crippen LogP contribution in [-0.2, 0) is 19.4 Å². The number of carbonyl (C=O) groups is 1. The number of rotatable bonds is 9. The summed E-state index contributed by atoms with van der Waals surface area (Å²) in [5.41, 5.74) is 5.12. The first-order valence-corrected chi connectivity index (χ1v) is 14.6. The van der Waals surface area contributed by atoms with E-state index in [0.29, 0.717) is 17.5 Å². The first-order valence-electron chi connectivity index (χ1n) is 13.8. The third kappa shape index (κ3) is 6.80. The molecule has 0 saturated carbocycles. The number of nitrogens with zero attached hydrogens (tertiary/aromatic N) is 4. The lowest BCUT2D eigenvalue weighted by Crippen LogP contribution is -2.35. The zero-order chi connectivity index (χ0) is 28.3. The SMILES string of the molecule is CN1CCC(Oc2cc(-c3ccc4c(c3NC(=O)NSc3ccn(CC(C)(C)B(O)O)n3)CCC4)ccn2)CC1. The van der Waals surface area contributed by atoms with Crippen molar-refractivity contribution in [3.05, 3.63) is 53.9 Å². The van der Waals surface area contributed by atoms with Crippen molar-refractivity contribution < 1.29 is 19.6 Å². The molecule has 4 N–H and O–H groups in total. The molecule has 0 unspecified atom stereocenters. The molecule has 1 aliphatic carbocycles. The highest BCUT2D eigenvalue weighted by atomic mass is 32.2. The van der Waals surface area contributed by atoms with Crippen LogP contribution in [0, 0.1) is 0 Å². The minimum Gasteiger partial charge on any atom is -0.474 e. The van der Waals surface area contributed by atoms with Gasteiger partial charge in [-0.15, -0.1) is 0 Å². The van der Waals surface area contributed by atoms with Gasteiger partial charge in [-0.1, -0.05) is 26.0 Å². The number of hydrogen-bond donors (Lipinski definition) is 4. The van der Waals surface area contributed by atoms with Gasteiger partial charge >= 0.3 is 13.1 Å². The zero-order valence-electron chi connectivity index (χ0n) is 23.3. The van der Waals surface area contributed by atoms with Crippen molar-refractivity contribution in [2.75, 3.05) is 25.5 Å². The third-order valence-electron chi connectivity index (χ3n) is 7.65. The van der Waals surface area contributed by atoms with E-state index < -0.39 is 12.4 Å². The number of urea groups is 1. The van der Waals surface area contributed by atoms with Crippen LogP contribution in [0.4, 0.5) is 10.5 Å². The molecule has 2 amide bonds. The number of pyridine rings is 1. The molecule has 12 heteroatoms. The van der Waals surface area contributed by atoms with Crippen LogP contribution in [0.15, 0.2) is 47.8 Å². The Kier molecular flexibility index (Phi) is 8.70. The lowest BCUT2D eigenvalue weighted by Gasteiger charge is -2.29. The number of nitrogens with one attached hydrogen (secondary N) is 2. The fraction of sp³-hybridized carbons (Fsp3) is 0.464. The molecule has 0 radical (unpaired) electrons. The minimum absolute atomic E-state index is 0.155. The second-order valence-electron chi connectivity index (χ2n) is 11.4. The molecule has 1 aromatic carbocycles. The van der Waals surface area contributed by atoms with E-state index in [1.165, 1.54) is 11.1 Å². The van der Waals surface area contributed by atoms with Gasteiger partial charge in [0.2, 0.25) is 5.88 Å². The van der Waals surface area contributed by atoms with E-state index in [1.54, 1.807) is 37.0 Å². The van der Waals surface area contributed by atoms with Gasteiger partial charge in [0, 0.05) is 60.9 Å². The van der Waals surface area contributed by atoms with Crippen LogP contribution < -0.4 is 14.8 Å². The predicted octanol–water partition coefficient (Wildman–Crippen LogP) is 3.99. The second-order valence-corrected chi connectivity index (χ2v) is 12.2. The molecular weight excluding hydrogens is 527 g/mol. The lowest BCUT2D eigenvalue weighted by atomic mass is 9.60. The number of aryl methyl sites for hydroxylation is 1. The van der Waals surface area contributed by atoms with Crippen molar-refractivity contribution in [3.8, 4) is 17.0 Å². The molecule has 1 saturated heterocycles. The molecule has 40 heavy (non-hydrogen) atoms. The summed E-state index contributed by atoms with van der Waals surface area (Å²) in [5, 5.41) is 26.5.